The fourth-order valence-electron chi connectivity index (χ4n) is 2.63. The van der Waals surface area contributed by atoms with E-state index in [1.807, 2.05) is 0 Å². The van der Waals surface area contributed by atoms with Crippen molar-refractivity contribution >= 4 is 35.5 Å². The third kappa shape index (κ3) is 8.30. The van der Waals surface area contributed by atoms with Gasteiger partial charge in [0.05, 0.1) is 17.7 Å². The van der Waals surface area contributed by atoms with Gasteiger partial charge in [0, 0.05) is 6.42 Å². The van der Waals surface area contributed by atoms with E-state index >= 15 is 0 Å². The molecule has 8 N–H and O–H groups in total. The van der Waals surface area contributed by atoms with Gasteiger partial charge in [0.2, 0.25) is 11.9 Å². The number of carboxylic acids is 2. The molecule has 2 aromatic rings. The number of rotatable bonds is 10. The summed E-state index contributed by atoms with van der Waals surface area (Å²) in [5.74, 6) is 1.52. The lowest BCUT2D eigenvalue weighted by Gasteiger charge is -2.12. The third-order valence-corrected chi connectivity index (χ3v) is 4.29. The van der Waals surface area contributed by atoms with Crippen LogP contribution in [0.25, 0.3) is 0 Å². The van der Waals surface area contributed by atoms with Crippen molar-refractivity contribution in [3.63, 3.8) is 0 Å². The average molecular weight is 457 g/mol. The second-order valence-corrected chi connectivity index (χ2v) is 6.78. The number of carbonyl (C=O) groups is 4. The van der Waals surface area contributed by atoms with Crippen molar-refractivity contribution < 1.29 is 34.1 Å². The first kappa shape index (κ1) is 24.8. The topological polar surface area (TPSA) is 206 Å². The van der Waals surface area contributed by atoms with Crippen LogP contribution in [-0.2, 0) is 20.8 Å². The molecule has 0 aliphatic carbocycles. The van der Waals surface area contributed by atoms with Crippen molar-refractivity contribution in [1.82, 2.24) is 10.7 Å². The molecular formula is C21H23N5O7. The maximum atomic E-state index is 12.3. The molecule has 1 amide bonds. The van der Waals surface area contributed by atoms with Crippen LogP contribution in [-0.4, -0.2) is 46.0 Å². The lowest BCUT2D eigenvalue weighted by Crippen LogP contribution is -2.42. The molecule has 0 unspecified atom stereocenters. The fraction of sp³-hybridized carbons (Fsp3) is 0.190. The van der Waals surface area contributed by atoms with Gasteiger partial charge in [0.1, 0.15) is 11.8 Å². The van der Waals surface area contributed by atoms with Gasteiger partial charge in [-0.15, -0.1) is 0 Å². The molecule has 0 aromatic heterocycles. The maximum Gasteiger partial charge on any atom is 0.343 e. The number of hydrogen-bond donors (Lipinski definition) is 6. The Morgan fingerprint density at radius 2 is 1.64 bits per heavy atom. The van der Waals surface area contributed by atoms with E-state index in [0.717, 1.165) is 5.56 Å². The fourth-order valence-corrected chi connectivity index (χ4v) is 2.63. The monoisotopic (exact) mass is 457 g/mol. The van der Waals surface area contributed by atoms with E-state index in [-0.39, 0.29) is 18.8 Å². The summed E-state index contributed by atoms with van der Waals surface area (Å²) in [6.45, 7) is 0. The van der Waals surface area contributed by atoms with Crippen molar-refractivity contribution in [2.45, 2.75) is 25.3 Å². The summed E-state index contributed by atoms with van der Waals surface area (Å²) in [6, 6.07) is 11.1. The highest BCUT2D eigenvalue weighted by molar-refractivity contribution is 5.91. The Morgan fingerprint density at radius 1 is 1.00 bits per heavy atom. The first-order chi connectivity index (χ1) is 15.7. The minimum absolute atomic E-state index is 0.0184. The number of nitrogens with two attached hydrogens (primary N) is 2. The highest BCUT2D eigenvalue weighted by atomic mass is 16.5. The molecule has 0 bridgehead atoms. The SMILES string of the molecule is NNC(N)=Nc1ccc(C(=O)Oc2ccc(CCC(=O)N[C@H](CC(=O)O)C(=O)O)cc2)cc1. The third-order valence-electron chi connectivity index (χ3n) is 4.29. The van der Waals surface area contributed by atoms with Crippen LogP contribution >= 0.6 is 0 Å². The van der Waals surface area contributed by atoms with Gasteiger partial charge in [-0.1, -0.05) is 12.1 Å². The highest BCUT2D eigenvalue weighted by Gasteiger charge is 2.22. The van der Waals surface area contributed by atoms with Crippen LogP contribution in [0.5, 0.6) is 5.75 Å². The van der Waals surface area contributed by atoms with Gasteiger partial charge in [-0.2, -0.15) is 0 Å². The number of nitrogens with zero attached hydrogens (tertiary/aromatic N) is 1. The molecule has 174 valence electrons. The quantitative estimate of drug-likeness (QED) is 0.0717. The molecule has 2 rings (SSSR count). The van der Waals surface area contributed by atoms with Gasteiger partial charge in [-0.05, 0) is 48.4 Å². The van der Waals surface area contributed by atoms with Crippen LogP contribution < -0.4 is 27.1 Å². The van der Waals surface area contributed by atoms with Gasteiger partial charge < -0.3 is 26.0 Å². The zero-order chi connectivity index (χ0) is 24.4. The number of carboxylic acid groups (broad SMARTS) is 2. The van der Waals surface area contributed by atoms with E-state index in [4.69, 9.17) is 26.5 Å². The maximum absolute atomic E-state index is 12.3. The molecule has 0 saturated carbocycles. The summed E-state index contributed by atoms with van der Waals surface area (Å²) in [6.07, 6.45) is -0.472. The van der Waals surface area contributed by atoms with Crippen molar-refractivity contribution in [3.05, 3.63) is 59.7 Å². The summed E-state index contributed by atoms with van der Waals surface area (Å²) < 4.78 is 5.31. The van der Waals surface area contributed by atoms with Crippen LogP contribution in [0.2, 0.25) is 0 Å². The Hall–Kier alpha value is -4.45. The van der Waals surface area contributed by atoms with Crippen LogP contribution in [0.15, 0.2) is 53.5 Å². The second kappa shape index (κ2) is 11.8. The average Bonchev–Trinajstić information content (AvgIpc) is 2.78. The number of benzene rings is 2. The predicted octanol–water partition coefficient (Wildman–Crippen LogP) is 0.292. The van der Waals surface area contributed by atoms with Gasteiger partial charge in [0.15, 0.2) is 0 Å². The van der Waals surface area contributed by atoms with E-state index in [1.54, 1.807) is 36.4 Å². The number of aliphatic carboxylic acids is 2. The van der Waals surface area contributed by atoms with Crippen LogP contribution in [0.4, 0.5) is 5.69 Å². The molecule has 1 atom stereocenters. The van der Waals surface area contributed by atoms with Gasteiger partial charge in [0.25, 0.3) is 0 Å². The second-order valence-electron chi connectivity index (χ2n) is 6.78. The molecule has 0 aliphatic heterocycles. The molecule has 0 radical (unpaired) electrons. The standard InChI is InChI=1S/C21H23N5O7/c22-21(26-23)24-14-6-4-13(5-7-14)20(32)33-15-8-1-12(2-9-15)3-10-17(27)25-16(19(30)31)11-18(28)29/h1-2,4-9,16H,3,10-11,23H2,(H,25,27)(H,28,29)(H,30,31)(H3,22,24,26)/t16-/m1/s1. The number of nitrogens with one attached hydrogen (secondary N) is 2. The first-order valence-electron chi connectivity index (χ1n) is 9.64. The van der Waals surface area contributed by atoms with Crippen molar-refractivity contribution in [3.8, 4) is 5.75 Å². The van der Waals surface area contributed by atoms with E-state index < -0.39 is 36.3 Å². The molecule has 33 heavy (non-hydrogen) atoms. The Balaban J connectivity index is 1.88. The summed E-state index contributed by atoms with van der Waals surface area (Å²) in [5.41, 5.74) is 9.18. The lowest BCUT2D eigenvalue weighted by atomic mass is 10.1. The number of carbonyl (C=O) groups excluding carboxylic acids is 2. The Bertz CT molecular complexity index is 1040. The van der Waals surface area contributed by atoms with E-state index in [1.165, 1.54) is 12.1 Å². The van der Waals surface area contributed by atoms with Gasteiger partial charge >= 0.3 is 17.9 Å². The molecular weight excluding hydrogens is 434 g/mol. The summed E-state index contributed by atoms with van der Waals surface area (Å²) in [5, 5.41) is 19.8. The molecule has 0 saturated heterocycles. The number of esters is 1. The Kier molecular flexibility index (Phi) is 8.88. The Labute approximate surface area is 188 Å². The number of aryl methyl sites for hydroxylation is 1. The minimum atomic E-state index is -1.49. The first-order valence-corrected chi connectivity index (χ1v) is 9.64. The minimum Gasteiger partial charge on any atom is -0.481 e. The molecule has 0 spiro atoms. The van der Waals surface area contributed by atoms with Crippen molar-refractivity contribution in [1.29, 1.82) is 0 Å². The largest absolute Gasteiger partial charge is 0.481 e. The van der Waals surface area contributed by atoms with E-state index in [0.29, 0.717) is 17.0 Å². The van der Waals surface area contributed by atoms with E-state index in [9.17, 15) is 19.2 Å². The highest BCUT2D eigenvalue weighted by Crippen LogP contribution is 2.17. The zero-order valence-electron chi connectivity index (χ0n) is 17.4. The van der Waals surface area contributed by atoms with E-state index in [2.05, 4.69) is 15.7 Å². The number of guanidine groups is 1. The molecule has 12 nitrogen and oxygen atoms in total. The number of aliphatic imine (C=N–C) groups is 1. The molecule has 0 fully saturated rings. The molecule has 12 heteroatoms. The van der Waals surface area contributed by atoms with Crippen LogP contribution in [0.1, 0.15) is 28.8 Å². The lowest BCUT2D eigenvalue weighted by molar-refractivity contribution is -0.147. The predicted molar refractivity (Wildman–Crippen MR) is 117 cm³/mol. The summed E-state index contributed by atoms with van der Waals surface area (Å²) in [4.78, 5) is 49.8. The molecule has 2 aromatic carbocycles. The van der Waals surface area contributed by atoms with Crippen LogP contribution in [0.3, 0.4) is 0 Å². The number of amides is 1. The van der Waals surface area contributed by atoms with Crippen LogP contribution in [0, 0.1) is 0 Å². The smallest absolute Gasteiger partial charge is 0.343 e. The van der Waals surface area contributed by atoms with Gasteiger partial charge in [-0.25, -0.2) is 20.4 Å². The number of hydrogen-bond acceptors (Lipinski definition) is 7. The Morgan fingerprint density at radius 3 is 2.18 bits per heavy atom. The van der Waals surface area contributed by atoms with Gasteiger partial charge in [-0.3, -0.25) is 15.0 Å². The number of hydrazine groups is 1. The number of ether oxygens (including phenoxy) is 1. The molecule has 0 aliphatic rings. The zero-order valence-corrected chi connectivity index (χ0v) is 17.4. The summed E-state index contributed by atoms with van der Waals surface area (Å²) >= 11 is 0. The van der Waals surface area contributed by atoms with Crippen molar-refractivity contribution in [2.75, 3.05) is 0 Å². The van der Waals surface area contributed by atoms with Crippen molar-refractivity contribution in [2.24, 2.45) is 16.6 Å². The normalized spacial score (nSPS) is 11.8. The molecule has 0 heterocycles. The summed E-state index contributed by atoms with van der Waals surface area (Å²) in [7, 11) is 0.